The molecule has 0 amide bonds. The van der Waals surface area contributed by atoms with E-state index in [1.54, 1.807) is 0 Å². The van der Waals surface area contributed by atoms with E-state index in [2.05, 4.69) is 4.74 Å². The van der Waals surface area contributed by atoms with Gasteiger partial charge in [0.05, 0.1) is 6.61 Å². The number of rotatable bonds is 7. The fourth-order valence-electron chi connectivity index (χ4n) is 0.993. The van der Waals surface area contributed by atoms with E-state index < -0.39 is 49.4 Å². The third-order valence-electron chi connectivity index (χ3n) is 2.15. The number of hydrogen-bond acceptors (Lipinski definition) is 9. The summed E-state index contributed by atoms with van der Waals surface area (Å²) in [5.74, 6) is -1.24. The molecule has 0 bridgehead atoms. The van der Waals surface area contributed by atoms with Crippen molar-refractivity contribution >= 4 is 5.97 Å². The van der Waals surface area contributed by atoms with E-state index in [1.807, 2.05) is 0 Å². The van der Waals surface area contributed by atoms with Crippen molar-refractivity contribution in [3.05, 3.63) is 0 Å². The molecule has 2 unspecified atom stereocenters. The van der Waals surface area contributed by atoms with Gasteiger partial charge in [-0.25, -0.2) is 4.79 Å². The molecule has 0 rings (SSSR count). The second-order valence-electron chi connectivity index (χ2n) is 3.73. The van der Waals surface area contributed by atoms with Crippen LogP contribution < -0.4 is 0 Å². The normalized spacial score (nSPS) is 21.6. The van der Waals surface area contributed by atoms with Crippen LogP contribution >= 0.6 is 0 Å². The highest BCUT2D eigenvalue weighted by atomic mass is 16.7. The van der Waals surface area contributed by atoms with E-state index in [-0.39, 0.29) is 0 Å². The lowest BCUT2D eigenvalue weighted by molar-refractivity contribution is -0.218. The molecule has 0 fully saturated rings. The quantitative estimate of drug-likeness (QED) is 0.178. The molecule has 0 spiro atoms. The summed E-state index contributed by atoms with van der Waals surface area (Å²) >= 11 is 0. The van der Waals surface area contributed by atoms with E-state index in [9.17, 15) is 25.2 Å². The fraction of sp³-hybridized carbons (Fsp3) is 0.889. The lowest BCUT2D eigenvalue weighted by atomic mass is 10.0. The van der Waals surface area contributed by atoms with Crippen LogP contribution in [0.15, 0.2) is 0 Å². The first kappa shape index (κ1) is 17.2. The van der Waals surface area contributed by atoms with Gasteiger partial charge in [0.25, 0.3) is 0 Å². The van der Waals surface area contributed by atoms with Crippen molar-refractivity contribution < 1.29 is 45.3 Å². The van der Waals surface area contributed by atoms with Gasteiger partial charge in [-0.15, -0.1) is 0 Å². The first-order valence-electron chi connectivity index (χ1n) is 5.12. The van der Waals surface area contributed by atoms with Gasteiger partial charge in [0.1, 0.15) is 30.5 Å². The van der Waals surface area contributed by atoms with Gasteiger partial charge in [0.15, 0.2) is 0 Å². The minimum Gasteiger partial charge on any atom is -0.431 e. The number of carbonyl (C=O) groups is 1. The highest BCUT2D eigenvalue weighted by Crippen LogP contribution is 2.10. The van der Waals surface area contributed by atoms with E-state index in [4.69, 9.17) is 15.3 Å². The zero-order chi connectivity index (χ0) is 14.5. The lowest BCUT2D eigenvalue weighted by Gasteiger charge is -2.28. The second-order valence-corrected chi connectivity index (χ2v) is 3.73. The summed E-state index contributed by atoms with van der Waals surface area (Å²) in [6.07, 6.45) is -11.6. The van der Waals surface area contributed by atoms with Gasteiger partial charge in [-0.2, -0.15) is 0 Å². The van der Waals surface area contributed by atoms with E-state index in [0.29, 0.717) is 0 Å². The first-order chi connectivity index (χ1) is 8.22. The lowest BCUT2D eigenvalue weighted by Crippen LogP contribution is -2.51. The summed E-state index contributed by atoms with van der Waals surface area (Å²) in [5, 5.41) is 63.3. The van der Waals surface area contributed by atoms with Crippen molar-refractivity contribution in [2.45, 2.75) is 43.7 Å². The Morgan fingerprint density at radius 3 is 1.89 bits per heavy atom. The molecule has 0 aromatic heterocycles. The maximum absolute atomic E-state index is 10.9. The maximum Gasteiger partial charge on any atom is 0.337 e. The molecule has 0 saturated carbocycles. The first-order valence-corrected chi connectivity index (χ1v) is 5.12. The van der Waals surface area contributed by atoms with Crippen molar-refractivity contribution in [3.8, 4) is 0 Å². The largest absolute Gasteiger partial charge is 0.431 e. The zero-order valence-corrected chi connectivity index (χ0v) is 9.62. The molecule has 9 nitrogen and oxygen atoms in total. The number of ether oxygens (including phenoxy) is 1. The summed E-state index contributed by atoms with van der Waals surface area (Å²) in [6.45, 7) is 0.177. The number of esters is 1. The molecule has 0 aliphatic rings. The Hall–Kier alpha value is -0.810. The Balaban J connectivity index is 4.44. The molecule has 0 saturated heterocycles. The summed E-state index contributed by atoms with van der Waals surface area (Å²) < 4.78 is 4.16. The molecule has 0 radical (unpaired) electrons. The molecule has 0 aromatic rings. The van der Waals surface area contributed by atoms with Crippen LogP contribution in [0.4, 0.5) is 0 Å². The smallest absolute Gasteiger partial charge is 0.337 e. The third kappa shape index (κ3) is 4.82. The Kier molecular flexibility index (Phi) is 7.25. The molecule has 9 heteroatoms. The second kappa shape index (κ2) is 7.59. The fourth-order valence-corrected chi connectivity index (χ4v) is 0.993. The van der Waals surface area contributed by atoms with Gasteiger partial charge >= 0.3 is 5.97 Å². The molecule has 18 heavy (non-hydrogen) atoms. The standard InChI is InChI=1S/C9H18O9/c1-3(11)8(16)18-9(17)7(15)6(14)5(13)4(12)2-10/h3-7,9-15,17H,2H2,1H3/t3?,4-,5-,6+,7-,9?/m1/s1. The van der Waals surface area contributed by atoms with Gasteiger partial charge in [0.2, 0.25) is 6.29 Å². The average molecular weight is 270 g/mol. The number of aliphatic hydroxyl groups excluding tert-OH is 7. The van der Waals surface area contributed by atoms with E-state index >= 15 is 0 Å². The summed E-state index contributed by atoms with van der Waals surface area (Å²) in [7, 11) is 0. The van der Waals surface area contributed by atoms with Crippen LogP contribution in [0.2, 0.25) is 0 Å². The number of hydrogen-bond donors (Lipinski definition) is 7. The topological polar surface area (TPSA) is 168 Å². The van der Waals surface area contributed by atoms with Gasteiger partial charge in [0, 0.05) is 0 Å². The predicted octanol–water partition coefficient (Wildman–Crippen LogP) is -4.34. The van der Waals surface area contributed by atoms with E-state index in [1.165, 1.54) is 0 Å². The molecule has 6 atom stereocenters. The van der Waals surface area contributed by atoms with Crippen molar-refractivity contribution in [3.63, 3.8) is 0 Å². The van der Waals surface area contributed by atoms with Crippen LogP contribution in [-0.2, 0) is 9.53 Å². The van der Waals surface area contributed by atoms with Crippen molar-refractivity contribution in [1.82, 2.24) is 0 Å². The van der Waals surface area contributed by atoms with Crippen LogP contribution in [0, 0.1) is 0 Å². The molecule has 7 N–H and O–H groups in total. The van der Waals surface area contributed by atoms with Gasteiger partial charge in [-0.3, -0.25) is 0 Å². The molecule has 0 heterocycles. The molecular weight excluding hydrogens is 252 g/mol. The zero-order valence-electron chi connectivity index (χ0n) is 9.62. The summed E-state index contributed by atoms with van der Waals surface area (Å²) in [5.41, 5.74) is 0. The highest BCUT2D eigenvalue weighted by molar-refractivity contribution is 5.73. The minimum atomic E-state index is -2.21. The summed E-state index contributed by atoms with van der Waals surface area (Å²) in [4.78, 5) is 10.9. The Morgan fingerprint density at radius 1 is 1.00 bits per heavy atom. The van der Waals surface area contributed by atoms with Crippen LogP contribution in [0.5, 0.6) is 0 Å². The van der Waals surface area contributed by atoms with Crippen molar-refractivity contribution in [2.24, 2.45) is 0 Å². The number of carbonyl (C=O) groups excluding carboxylic acids is 1. The summed E-state index contributed by atoms with van der Waals surface area (Å²) in [6, 6.07) is 0. The van der Waals surface area contributed by atoms with Crippen molar-refractivity contribution in [1.29, 1.82) is 0 Å². The predicted molar refractivity (Wildman–Crippen MR) is 54.9 cm³/mol. The average Bonchev–Trinajstić information content (AvgIpc) is 2.34. The third-order valence-corrected chi connectivity index (χ3v) is 2.15. The van der Waals surface area contributed by atoms with Gasteiger partial charge in [-0.1, -0.05) is 0 Å². The van der Waals surface area contributed by atoms with E-state index in [0.717, 1.165) is 6.92 Å². The van der Waals surface area contributed by atoms with Gasteiger partial charge in [-0.05, 0) is 6.92 Å². The number of aliphatic hydroxyl groups is 7. The maximum atomic E-state index is 10.9. The Bertz CT molecular complexity index is 256. The Morgan fingerprint density at radius 2 is 1.50 bits per heavy atom. The molecule has 0 aliphatic heterocycles. The minimum absolute atomic E-state index is 0.880. The molecule has 0 aromatic carbocycles. The van der Waals surface area contributed by atoms with Crippen molar-refractivity contribution in [2.75, 3.05) is 6.61 Å². The monoisotopic (exact) mass is 270 g/mol. The molecule has 0 aliphatic carbocycles. The SMILES string of the molecule is CC(O)C(=O)OC(O)[C@H](O)[C@@H](O)[C@H](O)[C@H](O)CO. The molecule has 108 valence electrons. The van der Waals surface area contributed by atoms with Gasteiger partial charge < -0.3 is 40.5 Å². The Labute approximate surface area is 102 Å². The van der Waals surface area contributed by atoms with Crippen LogP contribution in [-0.4, -0.2) is 85.1 Å². The highest BCUT2D eigenvalue weighted by Gasteiger charge is 2.36. The van der Waals surface area contributed by atoms with Crippen LogP contribution in [0.25, 0.3) is 0 Å². The van der Waals surface area contributed by atoms with Crippen LogP contribution in [0.1, 0.15) is 6.92 Å². The van der Waals surface area contributed by atoms with Crippen LogP contribution in [0.3, 0.4) is 0 Å². The molecular formula is C9H18O9.